The van der Waals surface area contributed by atoms with E-state index in [0.717, 1.165) is 0 Å². The van der Waals surface area contributed by atoms with Gasteiger partial charge in [-0.2, -0.15) is 0 Å². The molecule has 7 atom stereocenters. The number of carbonyl (C=O) groups is 3. The molecular weight excluding hydrogens is 742 g/mol. The maximum atomic E-state index is 14.2. The van der Waals surface area contributed by atoms with Gasteiger partial charge in [0.15, 0.2) is 59.0 Å². The highest BCUT2D eigenvalue weighted by Crippen LogP contribution is 2.35. The molecule has 2 aliphatic rings. The predicted molar refractivity (Wildman–Crippen MR) is 201 cm³/mol. The van der Waals surface area contributed by atoms with Crippen LogP contribution in [0.25, 0.3) is 22.2 Å². The first kappa shape index (κ1) is 39.0. The first-order chi connectivity index (χ1) is 27.8. The number of aromatic nitrogens is 2. The molecule has 298 valence electrons. The van der Waals surface area contributed by atoms with Crippen LogP contribution in [0.5, 0.6) is 11.5 Å². The van der Waals surface area contributed by atoms with Crippen molar-refractivity contribution in [2.24, 2.45) is 11.8 Å². The van der Waals surface area contributed by atoms with Crippen molar-refractivity contribution in [3.63, 3.8) is 0 Å². The molecule has 2 aliphatic heterocycles. The summed E-state index contributed by atoms with van der Waals surface area (Å²) in [7, 11) is 1.29. The van der Waals surface area contributed by atoms with Gasteiger partial charge in [0.05, 0.1) is 18.4 Å². The second-order valence-electron chi connectivity index (χ2n) is 13.3. The van der Waals surface area contributed by atoms with Gasteiger partial charge in [-0.05, 0) is 49.2 Å². The number of amides is 1. The fraction of sp³-hybridized carbons (Fsp3) is 0.341. The van der Waals surface area contributed by atoms with Crippen LogP contribution in [-0.4, -0.2) is 84.3 Å². The van der Waals surface area contributed by atoms with Crippen molar-refractivity contribution in [1.29, 1.82) is 0 Å². The second kappa shape index (κ2) is 17.7. The summed E-state index contributed by atoms with van der Waals surface area (Å²) in [6.45, 7) is 6.92. The monoisotopic (exact) mass is 783 g/mol. The number of hydrogen-bond donors (Lipinski definition) is 2. The zero-order valence-electron chi connectivity index (χ0n) is 30.9. The minimum absolute atomic E-state index is 0.0202. The Morgan fingerprint density at radius 1 is 0.807 bits per heavy atom. The van der Waals surface area contributed by atoms with Crippen LogP contribution < -0.4 is 14.8 Å². The molecule has 16 nitrogen and oxygen atoms in total. The molecule has 57 heavy (non-hydrogen) atoms. The Bertz CT molecular complexity index is 2170. The maximum Gasteiger partial charge on any atom is 0.412 e. The van der Waals surface area contributed by atoms with E-state index < -0.39 is 67.2 Å². The number of aliphatic hydroxyl groups is 1. The van der Waals surface area contributed by atoms with Gasteiger partial charge in [-0.25, -0.2) is 14.8 Å². The first-order valence-corrected chi connectivity index (χ1v) is 18.2. The van der Waals surface area contributed by atoms with Crippen LogP contribution in [0.2, 0.25) is 0 Å². The summed E-state index contributed by atoms with van der Waals surface area (Å²) in [5, 5.41) is 13.1. The number of rotatable bonds is 16. The van der Waals surface area contributed by atoms with Crippen molar-refractivity contribution in [3.05, 3.63) is 104 Å². The number of fused-ring (bicyclic) bond motifs is 3. The third-order valence-electron chi connectivity index (χ3n) is 9.46. The Morgan fingerprint density at radius 2 is 1.39 bits per heavy atom. The molecule has 0 bridgehead atoms. The lowest BCUT2D eigenvalue weighted by molar-refractivity contribution is -0.300. The van der Waals surface area contributed by atoms with Crippen LogP contribution in [0.3, 0.4) is 0 Å². The zero-order chi connectivity index (χ0) is 39.9. The molecule has 0 aliphatic carbocycles. The minimum Gasteiger partial charge on any atom is -0.454 e. The summed E-state index contributed by atoms with van der Waals surface area (Å²) in [5.74, 6) is -1.82. The van der Waals surface area contributed by atoms with E-state index in [9.17, 15) is 19.5 Å². The third kappa shape index (κ3) is 8.93. The standard InChI is InChI=1S/C41H41N3O13/c1-4-10-23(18-33-43-26-12-6-8-14-28(26)52-33)38(46)55-36-35(57-41(48)42-25-16-17-30-31(20-25)51-22-50-30)32(21-45)54-40(49-3)37(36)56-39(47)24(11-5-2)19-34-44-27-13-7-9-15-29(27)53-34/h4-9,12-17,20,23-24,32,35-37,40,45H,1-2,10-11,18-19,21-22H2,3H3,(H,42,48)/t23-,24-,32-,35-,36+,37+,40+/m1/s1. The number of oxazole rings is 2. The minimum atomic E-state index is -1.57. The summed E-state index contributed by atoms with van der Waals surface area (Å²) in [6.07, 6.45) is -4.83. The second-order valence-corrected chi connectivity index (χ2v) is 13.3. The Labute approximate surface area is 326 Å². The molecule has 5 aromatic rings. The third-order valence-corrected chi connectivity index (χ3v) is 9.46. The molecule has 3 aromatic carbocycles. The van der Waals surface area contributed by atoms with Gasteiger partial charge < -0.3 is 47.1 Å². The van der Waals surface area contributed by atoms with Crippen molar-refractivity contribution in [3.8, 4) is 11.5 Å². The molecular formula is C41H41N3O13. The first-order valence-electron chi connectivity index (χ1n) is 18.2. The smallest absolute Gasteiger partial charge is 0.412 e. The van der Waals surface area contributed by atoms with Gasteiger partial charge in [0.25, 0.3) is 0 Å². The average Bonchev–Trinajstić information content (AvgIpc) is 3.96. The van der Waals surface area contributed by atoms with Gasteiger partial charge in [0, 0.05) is 31.7 Å². The van der Waals surface area contributed by atoms with Crippen LogP contribution >= 0.6 is 0 Å². The highest BCUT2D eigenvalue weighted by Gasteiger charge is 2.53. The van der Waals surface area contributed by atoms with Gasteiger partial charge >= 0.3 is 18.0 Å². The largest absolute Gasteiger partial charge is 0.454 e. The Hall–Kier alpha value is -6.23. The fourth-order valence-electron chi connectivity index (χ4n) is 6.69. The van der Waals surface area contributed by atoms with Gasteiger partial charge in [0.2, 0.25) is 6.79 Å². The molecule has 2 N–H and O–H groups in total. The lowest BCUT2D eigenvalue weighted by atomic mass is 9.96. The van der Waals surface area contributed by atoms with E-state index in [4.69, 9.17) is 42.0 Å². The van der Waals surface area contributed by atoms with Crippen LogP contribution in [-0.2, 0) is 46.1 Å². The number of carbonyl (C=O) groups excluding carboxylic acids is 3. The van der Waals surface area contributed by atoms with Crippen LogP contribution in [0, 0.1) is 11.8 Å². The van der Waals surface area contributed by atoms with E-state index in [-0.39, 0.29) is 38.4 Å². The van der Waals surface area contributed by atoms with E-state index >= 15 is 0 Å². The van der Waals surface area contributed by atoms with Crippen molar-refractivity contribution in [2.45, 2.75) is 56.4 Å². The number of nitrogens with zero attached hydrogens (tertiary/aromatic N) is 2. The number of methoxy groups -OCH3 is 1. The predicted octanol–water partition coefficient (Wildman–Crippen LogP) is 5.67. The summed E-state index contributed by atoms with van der Waals surface area (Å²) >= 11 is 0. The SMILES string of the molecule is C=CC[C@H](Cc1nc2ccccc2o1)C(=O)O[C@@H]1[C@H](OC(=O)[C@H](CC=C)Cc2nc3ccccc3o2)[C@@H](OC)O[C@H](CO)[C@H]1OC(=O)Nc1ccc2c(c1)OCO2. The number of nitrogens with one attached hydrogen (secondary N) is 1. The molecule has 7 rings (SSSR count). The number of esters is 2. The van der Waals surface area contributed by atoms with Crippen molar-refractivity contribution in [1.82, 2.24) is 9.97 Å². The molecule has 2 aromatic heterocycles. The highest BCUT2D eigenvalue weighted by atomic mass is 16.7. The highest BCUT2D eigenvalue weighted by molar-refractivity contribution is 5.85. The quantitative estimate of drug-likeness (QED) is 0.0704. The summed E-state index contributed by atoms with van der Waals surface area (Å²) in [5.41, 5.74) is 2.61. The lowest BCUT2D eigenvalue weighted by Crippen LogP contribution is -2.63. The summed E-state index contributed by atoms with van der Waals surface area (Å²) in [4.78, 5) is 50.8. The Balaban J connectivity index is 1.17. The normalized spacial score (nSPS) is 21.1. The molecule has 0 spiro atoms. The van der Waals surface area contributed by atoms with E-state index in [2.05, 4.69) is 28.4 Å². The number of aliphatic hydroxyl groups excluding tert-OH is 1. The van der Waals surface area contributed by atoms with Gasteiger partial charge in [0.1, 0.15) is 17.1 Å². The molecule has 0 radical (unpaired) electrons. The van der Waals surface area contributed by atoms with Gasteiger partial charge in [-0.15, -0.1) is 13.2 Å². The Morgan fingerprint density at radius 3 is 1.95 bits per heavy atom. The molecule has 0 saturated carbocycles. The van der Waals surface area contributed by atoms with Crippen molar-refractivity contribution >= 4 is 45.9 Å². The average molecular weight is 784 g/mol. The number of allylic oxidation sites excluding steroid dienone is 2. The Kier molecular flexibility index (Phi) is 12.1. The van der Waals surface area contributed by atoms with Crippen LogP contribution in [0.4, 0.5) is 10.5 Å². The number of hydrogen-bond acceptors (Lipinski definition) is 15. The molecule has 4 heterocycles. The zero-order valence-corrected chi connectivity index (χ0v) is 30.9. The lowest BCUT2D eigenvalue weighted by Gasteiger charge is -2.44. The van der Waals surface area contributed by atoms with Gasteiger partial charge in [-0.3, -0.25) is 14.9 Å². The van der Waals surface area contributed by atoms with E-state index in [1.807, 2.05) is 18.2 Å². The number of para-hydroxylation sites is 4. The number of ether oxygens (including phenoxy) is 7. The maximum absolute atomic E-state index is 14.2. The number of benzene rings is 3. The fourth-order valence-corrected chi connectivity index (χ4v) is 6.69. The summed E-state index contributed by atoms with van der Waals surface area (Å²) in [6, 6.07) is 19.1. The molecule has 1 saturated heterocycles. The molecule has 0 unspecified atom stereocenters. The van der Waals surface area contributed by atoms with Crippen LogP contribution in [0.15, 0.2) is 101 Å². The van der Waals surface area contributed by atoms with Gasteiger partial charge in [-0.1, -0.05) is 36.4 Å². The van der Waals surface area contributed by atoms with E-state index in [1.54, 1.807) is 54.6 Å². The van der Waals surface area contributed by atoms with Crippen molar-refractivity contribution in [2.75, 3.05) is 25.8 Å². The number of anilines is 1. The topological polar surface area (TPSA) is 200 Å². The van der Waals surface area contributed by atoms with E-state index in [0.29, 0.717) is 45.3 Å². The van der Waals surface area contributed by atoms with Crippen LogP contribution in [0.1, 0.15) is 24.6 Å². The molecule has 1 fully saturated rings. The van der Waals surface area contributed by atoms with E-state index in [1.165, 1.54) is 13.2 Å². The van der Waals surface area contributed by atoms with Crippen molar-refractivity contribution < 1.29 is 61.5 Å². The molecule has 16 heteroatoms. The molecule has 1 amide bonds. The summed E-state index contributed by atoms with van der Waals surface area (Å²) < 4.78 is 52.2.